The number of carbonyl (C=O) groups excluding carboxylic acids is 1. The molecule has 192 valence electrons. The van der Waals surface area contributed by atoms with Gasteiger partial charge in [-0.2, -0.15) is 0 Å². The predicted molar refractivity (Wildman–Crippen MR) is 145 cm³/mol. The number of pyridine rings is 1. The van der Waals surface area contributed by atoms with Crippen LogP contribution in [0.5, 0.6) is 17.2 Å². The maximum atomic E-state index is 11.5. The summed E-state index contributed by atoms with van der Waals surface area (Å²) in [5.74, 6) is 1.48. The Hall–Kier alpha value is -4.62. The van der Waals surface area contributed by atoms with Gasteiger partial charge in [0, 0.05) is 5.39 Å². The van der Waals surface area contributed by atoms with Gasteiger partial charge in [-0.25, -0.2) is 9.78 Å². The molecule has 38 heavy (non-hydrogen) atoms. The minimum absolute atomic E-state index is 0.0476. The van der Waals surface area contributed by atoms with Crippen LogP contribution in [-0.2, 0) is 11.3 Å². The first-order chi connectivity index (χ1) is 18.6. The van der Waals surface area contributed by atoms with Crippen molar-refractivity contribution in [3.8, 4) is 17.2 Å². The summed E-state index contributed by atoms with van der Waals surface area (Å²) in [5.41, 5.74) is 2.23. The van der Waals surface area contributed by atoms with E-state index in [0.717, 1.165) is 33.1 Å². The molecule has 0 saturated heterocycles. The standard InChI is InChI=1S/C31H27NO6/c1-35-31(34)23-9-12-27(13-10-23)37-19-26(33)20-38-29-15-8-21-7-14-28(16-24(21)17-29)36-18-25-11-6-22-4-2-3-5-30(22)32-25/h2-17,26,33H,18-20H2,1H3. The van der Waals surface area contributed by atoms with Crippen molar-refractivity contribution in [2.45, 2.75) is 12.7 Å². The van der Waals surface area contributed by atoms with Gasteiger partial charge in [-0.3, -0.25) is 0 Å². The highest BCUT2D eigenvalue weighted by molar-refractivity contribution is 5.89. The Morgan fingerprint density at radius 2 is 1.37 bits per heavy atom. The van der Waals surface area contributed by atoms with Crippen LogP contribution in [0, 0.1) is 0 Å². The lowest BCUT2D eigenvalue weighted by Gasteiger charge is -2.14. The van der Waals surface area contributed by atoms with Crippen molar-refractivity contribution in [3.63, 3.8) is 0 Å². The number of nitrogens with zero attached hydrogens (tertiary/aromatic N) is 1. The normalized spacial score (nSPS) is 11.7. The van der Waals surface area contributed by atoms with Gasteiger partial charge in [0.05, 0.1) is 23.9 Å². The molecular weight excluding hydrogens is 482 g/mol. The van der Waals surface area contributed by atoms with Crippen molar-refractivity contribution < 1.29 is 28.8 Å². The number of aliphatic hydroxyl groups is 1. The van der Waals surface area contributed by atoms with E-state index in [0.29, 0.717) is 23.7 Å². The molecule has 4 aromatic carbocycles. The third-order valence-corrected chi connectivity index (χ3v) is 5.99. The number of aromatic nitrogens is 1. The summed E-state index contributed by atoms with van der Waals surface area (Å²) in [7, 11) is 1.33. The Balaban J connectivity index is 1.15. The summed E-state index contributed by atoms with van der Waals surface area (Å²) in [6.07, 6.45) is -0.838. The number of para-hydroxylation sites is 1. The number of aliphatic hydroxyl groups excluding tert-OH is 1. The highest BCUT2D eigenvalue weighted by atomic mass is 16.5. The molecule has 0 saturated carbocycles. The van der Waals surface area contributed by atoms with Gasteiger partial charge in [0.15, 0.2) is 0 Å². The number of ether oxygens (including phenoxy) is 4. The largest absolute Gasteiger partial charge is 0.491 e. The predicted octanol–water partition coefficient (Wildman–Crippen LogP) is 5.57. The maximum absolute atomic E-state index is 11.5. The highest BCUT2D eigenvalue weighted by Crippen LogP contribution is 2.26. The molecule has 0 aliphatic carbocycles. The molecule has 7 heteroatoms. The van der Waals surface area contributed by atoms with Gasteiger partial charge in [0.1, 0.15) is 43.2 Å². The molecule has 0 aliphatic rings. The number of carbonyl (C=O) groups is 1. The van der Waals surface area contributed by atoms with Crippen LogP contribution < -0.4 is 14.2 Å². The molecule has 1 unspecified atom stereocenters. The zero-order valence-corrected chi connectivity index (χ0v) is 20.9. The van der Waals surface area contributed by atoms with Gasteiger partial charge in [0.2, 0.25) is 0 Å². The Morgan fingerprint density at radius 3 is 2.11 bits per heavy atom. The lowest BCUT2D eigenvalue weighted by Crippen LogP contribution is -2.25. The summed E-state index contributed by atoms with van der Waals surface area (Å²) in [4.78, 5) is 16.2. The monoisotopic (exact) mass is 509 g/mol. The smallest absolute Gasteiger partial charge is 0.337 e. The molecule has 0 aliphatic heterocycles. The Kier molecular flexibility index (Phi) is 7.66. The number of hydrogen-bond donors (Lipinski definition) is 1. The molecule has 0 spiro atoms. The molecule has 7 nitrogen and oxygen atoms in total. The quantitative estimate of drug-likeness (QED) is 0.246. The van der Waals surface area contributed by atoms with Crippen molar-refractivity contribution >= 4 is 27.6 Å². The molecule has 1 heterocycles. The van der Waals surface area contributed by atoms with Crippen LogP contribution in [0.25, 0.3) is 21.7 Å². The SMILES string of the molecule is COC(=O)c1ccc(OCC(O)COc2ccc3ccc(OCc4ccc5ccccc5n4)cc3c2)cc1. The summed E-state index contributed by atoms with van der Waals surface area (Å²) in [5, 5.41) is 13.4. The van der Waals surface area contributed by atoms with Crippen LogP contribution in [0.3, 0.4) is 0 Å². The Labute approximate surface area is 220 Å². The third-order valence-electron chi connectivity index (χ3n) is 5.99. The number of benzene rings is 4. The summed E-state index contributed by atoms with van der Waals surface area (Å²) in [6, 6.07) is 30.2. The van der Waals surface area contributed by atoms with Crippen molar-refractivity contribution in [1.29, 1.82) is 0 Å². The molecule has 1 atom stereocenters. The van der Waals surface area contributed by atoms with Crippen molar-refractivity contribution in [1.82, 2.24) is 4.98 Å². The minimum Gasteiger partial charge on any atom is -0.491 e. The van der Waals surface area contributed by atoms with Gasteiger partial charge in [-0.05, 0) is 71.4 Å². The van der Waals surface area contributed by atoms with Gasteiger partial charge in [0.25, 0.3) is 0 Å². The average molecular weight is 510 g/mol. The van der Waals surface area contributed by atoms with Crippen molar-refractivity contribution in [2.24, 2.45) is 0 Å². The second-order valence-electron chi connectivity index (χ2n) is 8.75. The van der Waals surface area contributed by atoms with Crippen molar-refractivity contribution in [2.75, 3.05) is 20.3 Å². The lowest BCUT2D eigenvalue weighted by molar-refractivity contribution is 0.0598. The molecule has 1 N–H and O–H groups in total. The third kappa shape index (κ3) is 6.19. The van der Waals surface area contributed by atoms with Gasteiger partial charge >= 0.3 is 5.97 Å². The van der Waals surface area contributed by atoms with Crippen molar-refractivity contribution in [3.05, 3.63) is 108 Å². The average Bonchev–Trinajstić information content (AvgIpc) is 2.97. The van der Waals surface area contributed by atoms with E-state index < -0.39 is 12.1 Å². The molecule has 5 aromatic rings. The number of esters is 1. The van der Waals surface area contributed by atoms with E-state index in [1.165, 1.54) is 7.11 Å². The van der Waals surface area contributed by atoms with Crippen LogP contribution >= 0.6 is 0 Å². The Bertz CT molecular complexity index is 1550. The summed E-state index contributed by atoms with van der Waals surface area (Å²) < 4.78 is 22.1. The molecule has 5 rings (SSSR count). The van der Waals surface area contributed by atoms with E-state index in [1.807, 2.05) is 72.8 Å². The number of methoxy groups -OCH3 is 1. The summed E-state index contributed by atoms with van der Waals surface area (Å²) >= 11 is 0. The van der Waals surface area contributed by atoms with E-state index in [2.05, 4.69) is 9.72 Å². The minimum atomic E-state index is -0.838. The molecule has 0 fully saturated rings. The molecular formula is C31H27NO6. The zero-order valence-electron chi connectivity index (χ0n) is 20.9. The first-order valence-corrected chi connectivity index (χ1v) is 12.2. The van der Waals surface area contributed by atoms with E-state index >= 15 is 0 Å². The zero-order chi connectivity index (χ0) is 26.3. The van der Waals surface area contributed by atoms with E-state index in [-0.39, 0.29) is 13.2 Å². The first kappa shape index (κ1) is 25.0. The highest BCUT2D eigenvalue weighted by Gasteiger charge is 2.09. The topological polar surface area (TPSA) is 87.1 Å². The molecule has 0 amide bonds. The molecule has 0 radical (unpaired) electrons. The van der Waals surface area contributed by atoms with Crippen LogP contribution in [0.2, 0.25) is 0 Å². The van der Waals surface area contributed by atoms with Gasteiger partial charge in [-0.15, -0.1) is 0 Å². The fourth-order valence-corrected chi connectivity index (χ4v) is 3.97. The second kappa shape index (κ2) is 11.6. The fraction of sp³-hybridized carbons (Fsp3) is 0.161. The van der Waals surface area contributed by atoms with E-state index in [9.17, 15) is 9.90 Å². The summed E-state index contributed by atoms with van der Waals surface area (Å²) in [6.45, 7) is 0.478. The maximum Gasteiger partial charge on any atom is 0.337 e. The second-order valence-corrected chi connectivity index (χ2v) is 8.75. The first-order valence-electron chi connectivity index (χ1n) is 12.2. The number of fused-ring (bicyclic) bond motifs is 2. The molecule has 1 aromatic heterocycles. The fourth-order valence-electron chi connectivity index (χ4n) is 3.97. The van der Waals surface area contributed by atoms with Crippen LogP contribution in [0.4, 0.5) is 0 Å². The van der Waals surface area contributed by atoms with Crippen LogP contribution in [-0.4, -0.2) is 42.5 Å². The van der Waals surface area contributed by atoms with E-state index in [4.69, 9.17) is 14.2 Å². The Morgan fingerprint density at radius 1 is 0.737 bits per heavy atom. The number of hydrogen-bond acceptors (Lipinski definition) is 7. The van der Waals surface area contributed by atoms with Crippen LogP contribution in [0.15, 0.2) is 97.1 Å². The van der Waals surface area contributed by atoms with Gasteiger partial charge < -0.3 is 24.1 Å². The lowest BCUT2D eigenvalue weighted by atomic mass is 10.1. The van der Waals surface area contributed by atoms with E-state index in [1.54, 1.807) is 24.3 Å². The molecule has 0 bridgehead atoms. The number of rotatable bonds is 10. The van der Waals surface area contributed by atoms with Crippen LogP contribution in [0.1, 0.15) is 16.1 Å². The van der Waals surface area contributed by atoms with Gasteiger partial charge in [-0.1, -0.05) is 36.4 Å².